The molecule has 46 heavy (non-hydrogen) atoms. The minimum absolute atomic E-state index is 0.979. The lowest BCUT2D eigenvalue weighted by atomic mass is 9.91. The summed E-state index contributed by atoms with van der Waals surface area (Å²) in [4.78, 5) is 9.51. The van der Waals surface area contributed by atoms with Crippen molar-refractivity contribution in [2.24, 2.45) is 4.99 Å². The van der Waals surface area contributed by atoms with Crippen LogP contribution in [0.25, 0.3) is 33.2 Å². The minimum atomic E-state index is 0.979. The summed E-state index contributed by atoms with van der Waals surface area (Å²) >= 11 is 0. The predicted octanol–water partition coefficient (Wildman–Crippen LogP) is 11.3. The summed E-state index contributed by atoms with van der Waals surface area (Å²) in [5.41, 5.74) is 20.0. The quantitative estimate of drug-likeness (QED) is 0.205. The highest BCUT2D eigenvalue weighted by atomic mass is 14.8. The average Bonchev–Trinajstić information content (AvgIpc) is 3.61. The number of aromatic amines is 1. The number of aryl methyl sites for hydroxylation is 7. The van der Waals surface area contributed by atoms with Crippen molar-refractivity contribution in [1.82, 2.24) is 4.98 Å². The second-order valence-corrected chi connectivity index (χ2v) is 13.0. The van der Waals surface area contributed by atoms with Gasteiger partial charge in [0.2, 0.25) is 0 Å². The molecule has 6 aromatic rings. The molecule has 0 saturated heterocycles. The number of nitrogens with one attached hydrogen (secondary N) is 1. The Labute approximate surface area is 272 Å². The Morgan fingerprint density at radius 2 is 1.11 bits per heavy atom. The summed E-state index contributed by atoms with van der Waals surface area (Å²) in [6.07, 6.45) is 2.27. The number of aliphatic imine (C=N–C) groups is 1. The monoisotopic (exact) mass is 596 g/mol. The first-order chi connectivity index (χ1) is 22.2. The Hall–Kier alpha value is -5.21. The van der Waals surface area contributed by atoms with Crippen LogP contribution in [-0.2, 0) is 0 Å². The maximum absolute atomic E-state index is 5.48. The molecule has 0 unspecified atom stereocenters. The zero-order valence-electron chi connectivity index (χ0n) is 27.8. The zero-order valence-corrected chi connectivity index (χ0v) is 27.8. The van der Waals surface area contributed by atoms with Gasteiger partial charge >= 0.3 is 0 Å². The van der Waals surface area contributed by atoms with E-state index in [2.05, 4.69) is 163 Å². The molecule has 0 atom stereocenters. The molecule has 1 N–H and O–H groups in total. The van der Waals surface area contributed by atoms with Crippen LogP contribution in [0.1, 0.15) is 61.3 Å². The smallest absolute Gasteiger partial charge is 0.0815 e. The van der Waals surface area contributed by atoms with Crippen LogP contribution in [0.15, 0.2) is 120 Å². The van der Waals surface area contributed by atoms with Crippen LogP contribution in [0.5, 0.6) is 0 Å². The van der Waals surface area contributed by atoms with Crippen LogP contribution in [0.3, 0.4) is 0 Å². The Morgan fingerprint density at radius 1 is 0.543 bits per heavy atom. The van der Waals surface area contributed by atoms with Crippen molar-refractivity contribution in [3.05, 3.63) is 176 Å². The van der Waals surface area contributed by atoms with Crippen molar-refractivity contribution in [2.45, 2.75) is 48.5 Å². The number of rotatable bonds is 5. The first-order valence-corrected chi connectivity index (χ1v) is 16.1. The lowest BCUT2D eigenvalue weighted by Crippen LogP contribution is -1.97. The Morgan fingerprint density at radius 3 is 1.72 bits per heavy atom. The van der Waals surface area contributed by atoms with Gasteiger partial charge in [0.15, 0.2) is 0 Å². The first-order valence-electron chi connectivity index (χ1n) is 16.1. The lowest BCUT2D eigenvalue weighted by Gasteiger charge is -2.14. The molecule has 0 aliphatic carbocycles. The standard InChI is InChI=1S/C44H40N2/c1-26-13-17-33(18-14-26)36-25-39(34-19-15-27(2)16-20-34)45-42(36)41(35-11-9-8-10-12-35)44-38-24-30(5)29(4)23-37(38)43(46-44)40-31(6)21-28(3)22-32(40)7/h8-25,46H,1-7H3/b42-41-. The fourth-order valence-corrected chi connectivity index (χ4v) is 6.90. The van der Waals surface area contributed by atoms with Crippen molar-refractivity contribution in [3.8, 4) is 11.3 Å². The number of H-pyrrole nitrogens is 1. The lowest BCUT2D eigenvalue weighted by molar-refractivity contribution is 1.27. The summed E-state index contributed by atoms with van der Waals surface area (Å²) < 4.78 is 0. The van der Waals surface area contributed by atoms with Crippen molar-refractivity contribution < 1.29 is 0 Å². The van der Waals surface area contributed by atoms with E-state index in [1.807, 2.05) is 0 Å². The molecule has 1 aromatic heterocycles. The average molecular weight is 597 g/mol. The van der Waals surface area contributed by atoms with Gasteiger partial charge in [-0.05, 0) is 100 Å². The van der Waals surface area contributed by atoms with Gasteiger partial charge in [0.1, 0.15) is 0 Å². The van der Waals surface area contributed by atoms with Crippen molar-refractivity contribution in [1.29, 1.82) is 0 Å². The third-order valence-electron chi connectivity index (χ3n) is 9.38. The number of benzene rings is 5. The molecule has 5 aromatic carbocycles. The van der Waals surface area contributed by atoms with E-state index in [0.29, 0.717) is 0 Å². The van der Waals surface area contributed by atoms with Crippen molar-refractivity contribution in [2.75, 3.05) is 0 Å². The number of hydrogen-bond acceptors (Lipinski definition) is 1. The van der Waals surface area contributed by atoms with Gasteiger partial charge in [-0.2, -0.15) is 0 Å². The molecule has 0 amide bonds. The highest BCUT2D eigenvalue weighted by Crippen LogP contribution is 2.44. The highest BCUT2D eigenvalue weighted by molar-refractivity contribution is 6.20. The molecule has 0 bridgehead atoms. The van der Waals surface area contributed by atoms with E-state index in [9.17, 15) is 0 Å². The van der Waals surface area contributed by atoms with Crippen LogP contribution in [0, 0.1) is 48.5 Å². The molecule has 1 aliphatic rings. The van der Waals surface area contributed by atoms with Crippen LogP contribution >= 0.6 is 0 Å². The van der Waals surface area contributed by atoms with Gasteiger partial charge in [-0.15, -0.1) is 0 Å². The Balaban J connectivity index is 1.60. The normalized spacial score (nSPS) is 14.1. The predicted molar refractivity (Wildman–Crippen MR) is 197 cm³/mol. The van der Waals surface area contributed by atoms with E-state index >= 15 is 0 Å². The van der Waals surface area contributed by atoms with Gasteiger partial charge in [0.25, 0.3) is 0 Å². The fourth-order valence-electron chi connectivity index (χ4n) is 6.90. The number of allylic oxidation sites excluding steroid dienone is 2. The highest BCUT2D eigenvalue weighted by Gasteiger charge is 2.27. The number of nitrogens with zero attached hydrogens (tertiary/aromatic N) is 1. The van der Waals surface area contributed by atoms with E-state index in [1.54, 1.807) is 0 Å². The van der Waals surface area contributed by atoms with E-state index in [1.165, 1.54) is 61.0 Å². The van der Waals surface area contributed by atoms with Crippen LogP contribution in [0.4, 0.5) is 0 Å². The van der Waals surface area contributed by atoms with Crippen LogP contribution in [-0.4, -0.2) is 10.7 Å². The van der Waals surface area contributed by atoms with Crippen molar-refractivity contribution in [3.63, 3.8) is 0 Å². The molecule has 226 valence electrons. The zero-order chi connectivity index (χ0) is 32.1. The molecule has 1 aliphatic heterocycles. The maximum atomic E-state index is 5.48. The van der Waals surface area contributed by atoms with Gasteiger partial charge in [-0.25, -0.2) is 4.99 Å². The summed E-state index contributed by atoms with van der Waals surface area (Å²) in [5, 5.41) is 2.45. The summed E-state index contributed by atoms with van der Waals surface area (Å²) in [5.74, 6) is 0. The summed E-state index contributed by atoms with van der Waals surface area (Å²) in [6.45, 7) is 15.3. The molecule has 2 heterocycles. The second-order valence-electron chi connectivity index (χ2n) is 13.0. The Bertz CT molecular complexity index is 2200. The number of fused-ring (bicyclic) bond motifs is 1. The molecule has 2 nitrogen and oxygen atoms in total. The fraction of sp³-hybridized carbons (Fsp3) is 0.159. The van der Waals surface area contributed by atoms with Gasteiger partial charge in [0, 0.05) is 33.0 Å². The Kier molecular flexibility index (Phi) is 7.45. The SMILES string of the molecule is Cc1ccc(C2=CC(c3ccc(C)cc3)=N/C2=C(/c2ccccc2)c2[nH]c(-c3c(C)cc(C)cc3C)c3cc(C)c(C)cc23)cc1. The number of hydrogen-bond donors (Lipinski definition) is 1. The van der Waals surface area contributed by atoms with Crippen LogP contribution in [0.2, 0.25) is 0 Å². The number of aromatic nitrogens is 1. The van der Waals surface area contributed by atoms with Gasteiger partial charge in [-0.3, -0.25) is 0 Å². The van der Waals surface area contributed by atoms with Gasteiger partial charge in [0.05, 0.1) is 22.8 Å². The topological polar surface area (TPSA) is 28.1 Å². The molecule has 0 spiro atoms. The minimum Gasteiger partial charge on any atom is -0.353 e. The maximum Gasteiger partial charge on any atom is 0.0815 e. The molecule has 0 radical (unpaired) electrons. The van der Waals surface area contributed by atoms with E-state index in [0.717, 1.165) is 44.9 Å². The second kappa shape index (κ2) is 11.6. The largest absolute Gasteiger partial charge is 0.353 e. The summed E-state index contributed by atoms with van der Waals surface area (Å²) in [7, 11) is 0. The van der Waals surface area contributed by atoms with Gasteiger partial charge < -0.3 is 4.98 Å². The molecule has 0 saturated carbocycles. The van der Waals surface area contributed by atoms with E-state index < -0.39 is 0 Å². The molecule has 0 fully saturated rings. The van der Waals surface area contributed by atoms with Crippen LogP contribution < -0.4 is 0 Å². The molecular weight excluding hydrogens is 556 g/mol. The van der Waals surface area contributed by atoms with Crippen molar-refractivity contribution >= 4 is 27.6 Å². The van der Waals surface area contributed by atoms with Gasteiger partial charge in [-0.1, -0.05) is 108 Å². The van der Waals surface area contributed by atoms with E-state index in [4.69, 9.17) is 4.99 Å². The molecule has 2 heteroatoms. The first kappa shape index (κ1) is 29.5. The third-order valence-corrected chi connectivity index (χ3v) is 9.38. The summed E-state index contributed by atoms with van der Waals surface area (Å²) in [6, 6.07) is 37.6. The van der Waals surface area contributed by atoms with E-state index in [-0.39, 0.29) is 0 Å². The third kappa shape index (κ3) is 5.24. The molecular formula is C44H40N2. The molecule has 7 rings (SSSR count).